The highest BCUT2D eigenvalue weighted by atomic mass is 19.1. The van der Waals surface area contributed by atoms with Crippen LogP contribution in [-0.4, -0.2) is 30.7 Å². The smallest absolute Gasteiger partial charge is 0.132 e. The molecule has 3 heterocycles. The standard InChI is InChI=1S/C25H29FN4/c26-20-13-19-15-27-25(28-21-5-7-22(8-6-21)29-9-1-2-10-29)14-24(19)30(16-20)23-12-17-3-4-18(23)11-17/h5-8,13-15,17-18,23H,1-4,9-12,16H2,(H,27,28). The second-order valence-corrected chi connectivity index (χ2v) is 9.46. The van der Waals surface area contributed by atoms with Crippen molar-refractivity contribution in [2.45, 2.75) is 44.6 Å². The number of fused-ring (bicyclic) bond motifs is 3. The van der Waals surface area contributed by atoms with E-state index in [1.54, 1.807) is 6.08 Å². The van der Waals surface area contributed by atoms with E-state index in [-0.39, 0.29) is 5.83 Å². The van der Waals surface area contributed by atoms with Crippen LogP contribution >= 0.6 is 0 Å². The van der Waals surface area contributed by atoms with E-state index in [0.717, 1.165) is 47.7 Å². The summed E-state index contributed by atoms with van der Waals surface area (Å²) in [6, 6.07) is 11.2. The van der Waals surface area contributed by atoms with Crippen LogP contribution in [0.3, 0.4) is 0 Å². The zero-order valence-corrected chi connectivity index (χ0v) is 17.4. The van der Waals surface area contributed by atoms with Crippen LogP contribution in [-0.2, 0) is 0 Å². The molecule has 3 atom stereocenters. The Morgan fingerprint density at radius 3 is 2.60 bits per heavy atom. The van der Waals surface area contributed by atoms with Crippen molar-refractivity contribution >= 4 is 29.0 Å². The summed E-state index contributed by atoms with van der Waals surface area (Å²) in [5.41, 5.74) is 4.35. The quantitative estimate of drug-likeness (QED) is 0.704. The molecule has 0 amide bonds. The number of aromatic nitrogens is 1. The van der Waals surface area contributed by atoms with Gasteiger partial charge in [0.15, 0.2) is 0 Å². The summed E-state index contributed by atoms with van der Waals surface area (Å²) in [6.07, 6.45) is 11.2. The Labute approximate surface area is 177 Å². The molecule has 3 unspecified atom stereocenters. The minimum absolute atomic E-state index is 0.0507. The molecule has 1 aromatic heterocycles. The molecule has 30 heavy (non-hydrogen) atoms. The van der Waals surface area contributed by atoms with Crippen LogP contribution in [0.1, 0.15) is 44.1 Å². The minimum Gasteiger partial charge on any atom is -0.372 e. The number of hydrogen-bond donors (Lipinski definition) is 1. The lowest BCUT2D eigenvalue weighted by Crippen LogP contribution is -2.41. The number of hydrogen-bond acceptors (Lipinski definition) is 4. The van der Waals surface area contributed by atoms with Gasteiger partial charge in [-0.15, -0.1) is 0 Å². The van der Waals surface area contributed by atoms with Crippen molar-refractivity contribution in [3.05, 3.63) is 47.9 Å². The fourth-order valence-electron chi connectivity index (χ4n) is 6.11. The Balaban J connectivity index is 1.24. The molecule has 2 bridgehead atoms. The number of halogens is 1. The van der Waals surface area contributed by atoms with Crippen molar-refractivity contribution in [3.63, 3.8) is 0 Å². The van der Waals surface area contributed by atoms with Crippen LogP contribution in [0.2, 0.25) is 0 Å². The van der Waals surface area contributed by atoms with Gasteiger partial charge in [-0.1, -0.05) is 6.42 Å². The molecule has 3 fully saturated rings. The molecule has 4 aliphatic rings. The lowest BCUT2D eigenvalue weighted by molar-refractivity contribution is 0.390. The summed E-state index contributed by atoms with van der Waals surface area (Å²) < 4.78 is 14.4. The Bertz CT molecular complexity index is 964. The maximum Gasteiger partial charge on any atom is 0.132 e. The molecule has 5 heteroatoms. The van der Waals surface area contributed by atoms with Gasteiger partial charge in [-0.2, -0.15) is 0 Å². The summed E-state index contributed by atoms with van der Waals surface area (Å²) in [5.74, 6) is 2.33. The van der Waals surface area contributed by atoms with Gasteiger partial charge in [0, 0.05) is 54.0 Å². The summed E-state index contributed by atoms with van der Waals surface area (Å²) in [6.45, 7) is 2.71. The zero-order valence-electron chi connectivity index (χ0n) is 17.4. The third-order valence-corrected chi connectivity index (χ3v) is 7.57. The molecular formula is C25H29FN4. The molecule has 1 saturated heterocycles. The molecule has 2 saturated carbocycles. The molecule has 1 aromatic carbocycles. The molecule has 1 N–H and O–H groups in total. The lowest BCUT2D eigenvalue weighted by atomic mass is 9.92. The molecule has 2 aliphatic heterocycles. The number of anilines is 4. The molecule has 6 rings (SSSR count). The fourth-order valence-corrected chi connectivity index (χ4v) is 6.11. The van der Waals surface area contributed by atoms with Crippen LogP contribution in [0.25, 0.3) is 6.08 Å². The average Bonchev–Trinajstić information content (AvgIpc) is 3.52. The van der Waals surface area contributed by atoms with Crippen molar-refractivity contribution in [2.75, 3.05) is 34.8 Å². The SMILES string of the molecule is FC1=Cc2cnc(Nc3ccc(N4CCCC4)cc3)cc2N(C2CC3CCC2C3)C1. The molecule has 156 valence electrons. The largest absolute Gasteiger partial charge is 0.372 e. The van der Waals surface area contributed by atoms with Crippen molar-refractivity contribution < 1.29 is 4.39 Å². The van der Waals surface area contributed by atoms with E-state index < -0.39 is 0 Å². The summed E-state index contributed by atoms with van der Waals surface area (Å²) in [4.78, 5) is 9.33. The maximum atomic E-state index is 14.4. The van der Waals surface area contributed by atoms with Crippen molar-refractivity contribution in [2.24, 2.45) is 11.8 Å². The van der Waals surface area contributed by atoms with Crippen LogP contribution in [0, 0.1) is 11.8 Å². The molecule has 2 aromatic rings. The number of benzene rings is 1. The first-order valence-electron chi connectivity index (χ1n) is 11.5. The minimum atomic E-state index is -0.0507. The van der Waals surface area contributed by atoms with Crippen LogP contribution in [0.5, 0.6) is 0 Å². The molecule has 4 nitrogen and oxygen atoms in total. The Hall–Kier alpha value is -2.56. The van der Waals surface area contributed by atoms with E-state index in [1.807, 2.05) is 6.20 Å². The first kappa shape index (κ1) is 18.2. The second-order valence-electron chi connectivity index (χ2n) is 9.46. The normalized spacial score (nSPS) is 27.4. The van der Waals surface area contributed by atoms with E-state index in [9.17, 15) is 4.39 Å². The first-order valence-corrected chi connectivity index (χ1v) is 11.5. The third kappa shape index (κ3) is 3.24. The summed E-state index contributed by atoms with van der Waals surface area (Å²) in [7, 11) is 0. The van der Waals surface area contributed by atoms with Crippen LogP contribution in [0.15, 0.2) is 42.4 Å². The number of rotatable bonds is 4. The Kier molecular flexibility index (Phi) is 4.43. The van der Waals surface area contributed by atoms with Gasteiger partial charge in [0.1, 0.15) is 11.6 Å². The predicted octanol–water partition coefficient (Wildman–Crippen LogP) is 5.74. The van der Waals surface area contributed by atoms with Gasteiger partial charge in [0.05, 0.1) is 6.54 Å². The Morgan fingerprint density at radius 2 is 1.87 bits per heavy atom. The fraction of sp³-hybridized carbons (Fsp3) is 0.480. The van der Waals surface area contributed by atoms with E-state index in [1.165, 1.54) is 44.2 Å². The van der Waals surface area contributed by atoms with Gasteiger partial charge in [-0.05, 0) is 74.3 Å². The monoisotopic (exact) mass is 404 g/mol. The van der Waals surface area contributed by atoms with Gasteiger partial charge in [-0.3, -0.25) is 0 Å². The molecule has 2 aliphatic carbocycles. The summed E-state index contributed by atoms with van der Waals surface area (Å²) >= 11 is 0. The Morgan fingerprint density at radius 1 is 1.03 bits per heavy atom. The number of pyridine rings is 1. The topological polar surface area (TPSA) is 31.4 Å². The molecule has 0 radical (unpaired) electrons. The van der Waals surface area contributed by atoms with Crippen molar-refractivity contribution in [1.29, 1.82) is 0 Å². The average molecular weight is 405 g/mol. The van der Waals surface area contributed by atoms with E-state index in [4.69, 9.17) is 0 Å². The number of nitrogens with one attached hydrogen (secondary N) is 1. The highest BCUT2D eigenvalue weighted by Gasteiger charge is 2.43. The van der Waals surface area contributed by atoms with E-state index in [0.29, 0.717) is 12.6 Å². The summed E-state index contributed by atoms with van der Waals surface area (Å²) in [5, 5.41) is 3.46. The second kappa shape index (κ2) is 7.29. The van der Waals surface area contributed by atoms with Gasteiger partial charge < -0.3 is 15.1 Å². The molecule has 0 spiro atoms. The van der Waals surface area contributed by atoms with Gasteiger partial charge >= 0.3 is 0 Å². The van der Waals surface area contributed by atoms with Gasteiger partial charge in [0.2, 0.25) is 0 Å². The maximum absolute atomic E-state index is 14.4. The van der Waals surface area contributed by atoms with E-state index in [2.05, 4.69) is 50.4 Å². The van der Waals surface area contributed by atoms with Gasteiger partial charge in [-0.25, -0.2) is 9.37 Å². The number of nitrogens with zero attached hydrogens (tertiary/aromatic N) is 3. The van der Waals surface area contributed by atoms with Crippen LogP contribution < -0.4 is 15.1 Å². The van der Waals surface area contributed by atoms with Crippen molar-refractivity contribution in [3.8, 4) is 0 Å². The van der Waals surface area contributed by atoms with Crippen LogP contribution in [0.4, 0.5) is 27.3 Å². The zero-order chi connectivity index (χ0) is 20.1. The van der Waals surface area contributed by atoms with Crippen molar-refractivity contribution in [1.82, 2.24) is 4.98 Å². The molecular weight excluding hydrogens is 375 g/mol. The van der Waals surface area contributed by atoms with Gasteiger partial charge in [0.25, 0.3) is 0 Å². The third-order valence-electron chi connectivity index (χ3n) is 7.57. The highest BCUT2D eigenvalue weighted by Crippen LogP contribution is 2.49. The highest BCUT2D eigenvalue weighted by molar-refractivity contribution is 5.76. The first-order chi connectivity index (χ1) is 14.7. The lowest BCUT2D eigenvalue weighted by Gasteiger charge is -2.38. The van der Waals surface area contributed by atoms with E-state index >= 15 is 0 Å². The predicted molar refractivity (Wildman–Crippen MR) is 121 cm³/mol.